The van der Waals surface area contributed by atoms with Crippen LogP contribution in [-0.2, 0) is 6.54 Å². The van der Waals surface area contributed by atoms with Crippen molar-refractivity contribution in [2.45, 2.75) is 35.3 Å². The van der Waals surface area contributed by atoms with E-state index in [1.54, 1.807) is 6.07 Å². The van der Waals surface area contributed by atoms with Crippen molar-refractivity contribution in [2.24, 2.45) is 11.1 Å². The first-order valence-corrected chi connectivity index (χ1v) is 11.1. The van der Waals surface area contributed by atoms with E-state index in [9.17, 15) is 0 Å². The Balaban J connectivity index is 1.24. The molecule has 1 aromatic carbocycles. The van der Waals surface area contributed by atoms with E-state index in [0.29, 0.717) is 10.0 Å². The SMILES string of the molecule is N[C@@H]1c2ccnn2CC12CCN(c1cnc(Sc3ccc(Cl)c(Cl)c3)cn1)CC2. The lowest BCUT2D eigenvalue weighted by Crippen LogP contribution is -2.45. The fourth-order valence-electron chi connectivity index (χ4n) is 4.29. The Morgan fingerprint density at radius 3 is 2.59 bits per heavy atom. The van der Waals surface area contributed by atoms with Crippen molar-refractivity contribution >= 4 is 40.8 Å². The number of benzene rings is 1. The normalized spacial score (nSPS) is 20.2. The van der Waals surface area contributed by atoms with Gasteiger partial charge in [0, 0.05) is 36.1 Å². The van der Waals surface area contributed by atoms with Crippen molar-refractivity contribution in [1.82, 2.24) is 19.7 Å². The van der Waals surface area contributed by atoms with Gasteiger partial charge in [0.15, 0.2) is 0 Å². The van der Waals surface area contributed by atoms with Gasteiger partial charge in [-0.3, -0.25) is 4.68 Å². The van der Waals surface area contributed by atoms with Gasteiger partial charge in [0.05, 0.1) is 34.2 Å². The van der Waals surface area contributed by atoms with Crippen molar-refractivity contribution < 1.29 is 0 Å². The Hall–Kier alpha value is -1.80. The molecule has 0 unspecified atom stereocenters. The van der Waals surface area contributed by atoms with Crippen LogP contribution in [0.3, 0.4) is 0 Å². The second-order valence-corrected chi connectivity index (χ2v) is 9.54. The lowest BCUT2D eigenvalue weighted by molar-refractivity contribution is 0.170. The largest absolute Gasteiger partial charge is 0.355 e. The van der Waals surface area contributed by atoms with E-state index < -0.39 is 0 Å². The maximum atomic E-state index is 6.57. The predicted octanol–water partition coefficient (Wildman–Crippen LogP) is 4.43. The van der Waals surface area contributed by atoms with Gasteiger partial charge in [0.25, 0.3) is 0 Å². The standard InChI is InChI=1S/C20H20Cl2N6S/c21-14-2-1-13(9-15(14)22)29-18-11-24-17(10-25-18)27-7-4-20(5-8-27)12-28-16(19(20)23)3-6-26-28/h1-3,6,9-11,19H,4-5,7-8,12,23H2/t19-/m1/s1. The van der Waals surface area contributed by atoms with Gasteiger partial charge in [0.1, 0.15) is 10.8 Å². The Morgan fingerprint density at radius 1 is 1.07 bits per heavy atom. The van der Waals surface area contributed by atoms with E-state index in [1.807, 2.05) is 36.8 Å². The third kappa shape index (κ3) is 3.50. The van der Waals surface area contributed by atoms with E-state index in [0.717, 1.165) is 53.9 Å². The zero-order valence-electron chi connectivity index (χ0n) is 15.6. The topological polar surface area (TPSA) is 72.9 Å². The Labute approximate surface area is 183 Å². The maximum absolute atomic E-state index is 6.57. The van der Waals surface area contributed by atoms with Crippen molar-refractivity contribution in [3.63, 3.8) is 0 Å². The molecule has 29 heavy (non-hydrogen) atoms. The summed E-state index contributed by atoms with van der Waals surface area (Å²) in [6.45, 7) is 2.76. The summed E-state index contributed by atoms with van der Waals surface area (Å²) < 4.78 is 2.06. The minimum Gasteiger partial charge on any atom is -0.355 e. The third-order valence-corrected chi connectivity index (χ3v) is 7.65. The summed E-state index contributed by atoms with van der Waals surface area (Å²) in [5.74, 6) is 0.905. The molecule has 0 saturated carbocycles. The van der Waals surface area contributed by atoms with Crippen molar-refractivity contribution in [3.8, 4) is 0 Å². The molecular weight excluding hydrogens is 427 g/mol. The van der Waals surface area contributed by atoms with Crippen LogP contribution in [-0.4, -0.2) is 32.8 Å². The highest BCUT2D eigenvalue weighted by Crippen LogP contribution is 2.47. The molecule has 5 rings (SSSR count). The van der Waals surface area contributed by atoms with Gasteiger partial charge >= 0.3 is 0 Å². The molecule has 2 aromatic heterocycles. The predicted molar refractivity (Wildman–Crippen MR) is 116 cm³/mol. The lowest BCUT2D eigenvalue weighted by atomic mass is 9.73. The zero-order chi connectivity index (χ0) is 20.0. The fraction of sp³-hybridized carbons (Fsp3) is 0.350. The molecule has 150 valence electrons. The summed E-state index contributed by atoms with van der Waals surface area (Å²) in [4.78, 5) is 12.5. The van der Waals surface area contributed by atoms with Gasteiger partial charge in [0.2, 0.25) is 0 Å². The number of hydrogen-bond acceptors (Lipinski definition) is 6. The first-order valence-electron chi connectivity index (χ1n) is 9.51. The molecule has 0 amide bonds. The van der Waals surface area contributed by atoms with E-state index in [1.165, 1.54) is 11.8 Å². The number of hydrogen-bond donors (Lipinski definition) is 1. The highest BCUT2D eigenvalue weighted by atomic mass is 35.5. The summed E-state index contributed by atoms with van der Waals surface area (Å²) in [6, 6.07) is 7.65. The molecule has 0 aliphatic carbocycles. The Bertz CT molecular complexity index is 1030. The maximum Gasteiger partial charge on any atom is 0.147 e. The van der Waals surface area contributed by atoms with Gasteiger partial charge in [-0.25, -0.2) is 9.97 Å². The molecule has 0 bridgehead atoms. The molecule has 2 aliphatic rings. The minimum atomic E-state index is 0.0585. The number of halogens is 2. The Morgan fingerprint density at radius 2 is 1.90 bits per heavy atom. The minimum absolute atomic E-state index is 0.0585. The molecule has 4 heterocycles. The second-order valence-electron chi connectivity index (χ2n) is 7.63. The van der Waals surface area contributed by atoms with Gasteiger partial charge in [-0.05, 0) is 37.1 Å². The summed E-state index contributed by atoms with van der Waals surface area (Å²) in [7, 11) is 0. The van der Waals surface area contributed by atoms with Crippen LogP contribution in [0.1, 0.15) is 24.6 Å². The molecule has 1 spiro atoms. The highest BCUT2D eigenvalue weighted by molar-refractivity contribution is 7.99. The number of aromatic nitrogens is 4. The quantitative estimate of drug-likeness (QED) is 0.641. The Kier molecular flexibility index (Phi) is 4.94. The van der Waals surface area contributed by atoms with E-state index in [-0.39, 0.29) is 11.5 Å². The van der Waals surface area contributed by atoms with Crippen LogP contribution in [0.4, 0.5) is 5.82 Å². The third-order valence-electron chi connectivity index (χ3n) is 6.00. The van der Waals surface area contributed by atoms with Gasteiger partial charge in [-0.2, -0.15) is 5.10 Å². The van der Waals surface area contributed by atoms with Crippen LogP contribution in [0.25, 0.3) is 0 Å². The number of rotatable bonds is 3. The van der Waals surface area contributed by atoms with E-state index >= 15 is 0 Å². The molecule has 1 atom stereocenters. The molecule has 9 heteroatoms. The molecular formula is C20H20Cl2N6S. The average molecular weight is 447 g/mol. The van der Waals surface area contributed by atoms with Crippen LogP contribution >= 0.6 is 35.0 Å². The molecule has 2 N–H and O–H groups in total. The highest BCUT2D eigenvalue weighted by Gasteiger charge is 2.46. The monoisotopic (exact) mass is 446 g/mol. The summed E-state index contributed by atoms with van der Waals surface area (Å²) >= 11 is 13.6. The number of nitrogens with two attached hydrogens (primary N) is 1. The van der Waals surface area contributed by atoms with Crippen LogP contribution in [0, 0.1) is 5.41 Å². The number of anilines is 1. The van der Waals surface area contributed by atoms with Crippen LogP contribution in [0.15, 0.2) is 52.8 Å². The first kappa shape index (κ1) is 19.2. The van der Waals surface area contributed by atoms with Crippen LogP contribution in [0.2, 0.25) is 10.0 Å². The van der Waals surface area contributed by atoms with Crippen LogP contribution < -0.4 is 10.6 Å². The molecule has 0 radical (unpaired) electrons. The molecule has 2 aliphatic heterocycles. The summed E-state index contributed by atoms with van der Waals surface area (Å²) in [5, 5.41) is 6.32. The van der Waals surface area contributed by atoms with Gasteiger partial charge in [-0.15, -0.1) is 0 Å². The number of nitrogens with zero attached hydrogens (tertiary/aromatic N) is 5. The zero-order valence-corrected chi connectivity index (χ0v) is 18.0. The molecule has 6 nitrogen and oxygen atoms in total. The first-order chi connectivity index (χ1) is 14.0. The van der Waals surface area contributed by atoms with Gasteiger partial charge < -0.3 is 10.6 Å². The van der Waals surface area contributed by atoms with E-state index in [4.69, 9.17) is 28.9 Å². The summed E-state index contributed by atoms with van der Waals surface area (Å²) in [6.07, 6.45) is 7.55. The number of piperidine rings is 1. The smallest absolute Gasteiger partial charge is 0.147 e. The second kappa shape index (κ2) is 7.47. The van der Waals surface area contributed by atoms with Gasteiger partial charge in [-0.1, -0.05) is 35.0 Å². The lowest BCUT2D eigenvalue weighted by Gasteiger charge is -2.41. The molecule has 1 fully saturated rings. The number of fused-ring (bicyclic) bond motifs is 1. The van der Waals surface area contributed by atoms with E-state index in [2.05, 4.69) is 24.6 Å². The van der Waals surface area contributed by atoms with Crippen molar-refractivity contribution in [1.29, 1.82) is 0 Å². The molecule has 3 aromatic rings. The van der Waals surface area contributed by atoms with Crippen molar-refractivity contribution in [3.05, 3.63) is 58.6 Å². The fourth-order valence-corrected chi connectivity index (χ4v) is 5.41. The average Bonchev–Trinajstić information content (AvgIpc) is 3.28. The van der Waals surface area contributed by atoms with Crippen molar-refractivity contribution in [2.75, 3.05) is 18.0 Å². The van der Waals surface area contributed by atoms with Crippen LogP contribution in [0.5, 0.6) is 0 Å². The molecule has 1 saturated heterocycles. The summed E-state index contributed by atoms with van der Waals surface area (Å²) in [5.41, 5.74) is 7.83.